The zero-order chi connectivity index (χ0) is 15.1. The Hall–Kier alpha value is -1.99. The largest absolute Gasteiger partial charge is 0.485 e. The molecule has 1 aromatic heterocycles. The second-order valence-electron chi connectivity index (χ2n) is 4.61. The maximum absolute atomic E-state index is 13.6. The number of ether oxygens (including phenoxy) is 2. The molecule has 1 N–H and O–H groups in total. The van der Waals surface area contributed by atoms with Gasteiger partial charge in [-0.15, -0.1) is 10.2 Å². The van der Waals surface area contributed by atoms with Gasteiger partial charge in [0.25, 0.3) is 0 Å². The van der Waals surface area contributed by atoms with Crippen LogP contribution in [0.4, 0.5) is 4.39 Å². The Morgan fingerprint density at radius 3 is 2.90 bits per heavy atom. The summed E-state index contributed by atoms with van der Waals surface area (Å²) in [6.45, 7) is 2.13. The van der Waals surface area contributed by atoms with Gasteiger partial charge in [0.2, 0.25) is 0 Å². The first-order valence-electron chi connectivity index (χ1n) is 6.64. The Labute approximate surface area is 122 Å². The number of rotatable bonds is 8. The number of hydrogen-bond donors (Lipinski definition) is 1. The van der Waals surface area contributed by atoms with E-state index in [2.05, 4.69) is 15.5 Å². The van der Waals surface area contributed by atoms with Crippen molar-refractivity contribution in [1.29, 1.82) is 0 Å². The van der Waals surface area contributed by atoms with E-state index in [1.807, 2.05) is 7.05 Å². The molecule has 0 aliphatic rings. The van der Waals surface area contributed by atoms with E-state index in [0.29, 0.717) is 31.3 Å². The Kier molecular flexibility index (Phi) is 5.65. The minimum atomic E-state index is -0.325. The van der Waals surface area contributed by atoms with Crippen molar-refractivity contribution < 1.29 is 13.9 Å². The van der Waals surface area contributed by atoms with E-state index in [9.17, 15) is 4.39 Å². The van der Waals surface area contributed by atoms with Gasteiger partial charge in [-0.1, -0.05) is 0 Å². The van der Waals surface area contributed by atoms with E-state index in [-0.39, 0.29) is 12.4 Å². The number of aryl methyl sites for hydroxylation is 1. The first kappa shape index (κ1) is 15.4. The maximum atomic E-state index is 13.6. The lowest BCUT2D eigenvalue weighted by Crippen LogP contribution is -2.18. The zero-order valence-corrected chi connectivity index (χ0v) is 12.2. The summed E-state index contributed by atoms with van der Waals surface area (Å²) < 4.78 is 25.8. The minimum Gasteiger partial charge on any atom is -0.485 e. The molecular weight excluding hydrogens is 275 g/mol. The summed E-state index contributed by atoms with van der Waals surface area (Å²) in [5.74, 6) is 0.828. The van der Waals surface area contributed by atoms with Crippen LogP contribution in [0.3, 0.4) is 0 Å². The van der Waals surface area contributed by atoms with Crippen molar-refractivity contribution in [1.82, 2.24) is 20.1 Å². The minimum absolute atomic E-state index is 0.247. The molecule has 114 valence electrons. The highest BCUT2D eigenvalue weighted by molar-refractivity contribution is 5.29. The van der Waals surface area contributed by atoms with Gasteiger partial charge in [0.1, 0.15) is 24.5 Å². The number of nitrogens with zero attached hydrogens (tertiary/aromatic N) is 3. The highest BCUT2D eigenvalue weighted by atomic mass is 19.1. The number of methoxy groups -OCH3 is 1. The molecule has 2 rings (SSSR count). The van der Waals surface area contributed by atoms with Gasteiger partial charge in [-0.2, -0.15) is 0 Å². The summed E-state index contributed by atoms with van der Waals surface area (Å²) in [5.41, 5.74) is 0.819. The number of aromatic nitrogens is 3. The lowest BCUT2D eigenvalue weighted by atomic mass is 10.2. The zero-order valence-electron chi connectivity index (χ0n) is 12.2. The molecule has 2 aromatic rings. The molecule has 0 atom stereocenters. The van der Waals surface area contributed by atoms with E-state index in [1.54, 1.807) is 24.1 Å². The third-order valence-corrected chi connectivity index (χ3v) is 2.92. The second-order valence-corrected chi connectivity index (χ2v) is 4.61. The molecule has 1 heterocycles. The molecule has 0 saturated heterocycles. The van der Waals surface area contributed by atoms with Crippen molar-refractivity contribution in [3.8, 4) is 5.75 Å². The Bertz CT molecular complexity index is 574. The first-order chi connectivity index (χ1) is 10.2. The van der Waals surface area contributed by atoms with Gasteiger partial charge in [0.05, 0.1) is 6.61 Å². The summed E-state index contributed by atoms with van der Waals surface area (Å²) in [6, 6.07) is 4.64. The van der Waals surface area contributed by atoms with Gasteiger partial charge in [0.15, 0.2) is 5.82 Å². The predicted octanol–water partition coefficient (Wildman–Crippen LogP) is 1.27. The van der Waals surface area contributed by atoms with Crippen LogP contribution in [0.15, 0.2) is 24.5 Å². The summed E-state index contributed by atoms with van der Waals surface area (Å²) >= 11 is 0. The molecule has 0 aliphatic heterocycles. The quantitative estimate of drug-likeness (QED) is 0.743. The van der Waals surface area contributed by atoms with E-state index in [4.69, 9.17) is 9.47 Å². The SMILES string of the molecule is COCCNCc1cc(F)cc(OCc2nncn2C)c1. The van der Waals surface area contributed by atoms with Crippen LogP contribution in [0.1, 0.15) is 11.4 Å². The van der Waals surface area contributed by atoms with E-state index >= 15 is 0 Å². The normalized spacial score (nSPS) is 10.8. The molecule has 0 fully saturated rings. The predicted molar refractivity (Wildman–Crippen MR) is 75.3 cm³/mol. The first-order valence-corrected chi connectivity index (χ1v) is 6.64. The molecule has 0 aliphatic carbocycles. The maximum Gasteiger partial charge on any atom is 0.170 e. The van der Waals surface area contributed by atoms with Gasteiger partial charge in [-0.05, 0) is 17.7 Å². The second kappa shape index (κ2) is 7.70. The van der Waals surface area contributed by atoms with Crippen LogP contribution in [-0.2, 0) is 24.9 Å². The fourth-order valence-electron chi connectivity index (χ4n) is 1.80. The molecule has 6 nitrogen and oxygen atoms in total. The smallest absolute Gasteiger partial charge is 0.170 e. The summed E-state index contributed by atoms with van der Waals surface area (Å²) in [6.07, 6.45) is 1.59. The molecule has 0 bridgehead atoms. The number of halogens is 1. The molecule has 0 saturated carbocycles. The number of hydrogen-bond acceptors (Lipinski definition) is 5. The topological polar surface area (TPSA) is 61.2 Å². The standard InChI is InChI=1S/C14H19FN4O2/c1-19-10-17-18-14(19)9-21-13-6-11(5-12(15)7-13)8-16-3-4-20-2/h5-7,10,16H,3-4,8-9H2,1-2H3. The highest BCUT2D eigenvalue weighted by Crippen LogP contribution is 2.17. The van der Waals surface area contributed by atoms with E-state index in [0.717, 1.165) is 5.56 Å². The summed E-state index contributed by atoms with van der Waals surface area (Å²) in [4.78, 5) is 0. The van der Waals surface area contributed by atoms with Crippen molar-refractivity contribution in [2.75, 3.05) is 20.3 Å². The van der Waals surface area contributed by atoms with Crippen LogP contribution in [0.5, 0.6) is 5.75 Å². The molecular formula is C14H19FN4O2. The van der Waals surface area contributed by atoms with Crippen LogP contribution < -0.4 is 10.1 Å². The third kappa shape index (κ3) is 4.80. The van der Waals surface area contributed by atoms with Gasteiger partial charge in [0, 0.05) is 33.3 Å². The Morgan fingerprint density at radius 1 is 1.33 bits per heavy atom. The number of nitrogens with one attached hydrogen (secondary N) is 1. The van der Waals surface area contributed by atoms with E-state index in [1.165, 1.54) is 12.1 Å². The number of benzene rings is 1. The molecule has 0 spiro atoms. The van der Waals surface area contributed by atoms with Crippen LogP contribution in [0, 0.1) is 5.82 Å². The molecule has 0 radical (unpaired) electrons. The molecule has 0 amide bonds. The average Bonchev–Trinajstić information content (AvgIpc) is 2.86. The van der Waals surface area contributed by atoms with E-state index < -0.39 is 0 Å². The highest BCUT2D eigenvalue weighted by Gasteiger charge is 2.05. The van der Waals surface area contributed by atoms with Crippen molar-refractivity contribution in [3.05, 3.63) is 41.7 Å². The Balaban J connectivity index is 1.93. The summed E-state index contributed by atoms with van der Waals surface area (Å²) in [5, 5.41) is 10.8. The molecule has 7 heteroatoms. The lowest BCUT2D eigenvalue weighted by molar-refractivity contribution is 0.199. The van der Waals surface area contributed by atoms with Crippen LogP contribution >= 0.6 is 0 Å². The molecule has 21 heavy (non-hydrogen) atoms. The van der Waals surface area contributed by atoms with Crippen molar-refractivity contribution >= 4 is 0 Å². The van der Waals surface area contributed by atoms with Gasteiger partial charge in [-0.25, -0.2) is 4.39 Å². The fraction of sp³-hybridized carbons (Fsp3) is 0.429. The fourth-order valence-corrected chi connectivity index (χ4v) is 1.80. The lowest BCUT2D eigenvalue weighted by Gasteiger charge is -2.09. The molecule has 0 unspecified atom stereocenters. The third-order valence-electron chi connectivity index (χ3n) is 2.92. The van der Waals surface area contributed by atoms with Gasteiger partial charge in [-0.3, -0.25) is 0 Å². The summed E-state index contributed by atoms with van der Waals surface area (Å²) in [7, 11) is 3.47. The van der Waals surface area contributed by atoms with Crippen LogP contribution in [0.2, 0.25) is 0 Å². The molecule has 1 aromatic carbocycles. The van der Waals surface area contributed by atoms with Crippen molar-refractivity contribution in [2.24, 2.45) is 7.05 Å². The van der Waals surface area contributed by atoms with Gasteiger partial charge < -0.3 is 19.4 Å². The van der Waals surface area contributed by atoms with Crippen LogP contribution in [-0.4, -0.2) is 35.0 Å². The van der Waals surface area contributed by atoms with Crippen LogP contribution in [0.25, 0.3) is 0 Å². The monoisotopic (exact) mass is 294 g/mol. The average molecular weight is 294 g/mol. The van der Waals surface area contributed by atoms with Gasteiger partial charge >= 0.3 is 0 Å². The van der Waals surface area contributed by atoms with Crippen molar-refractivity contribution in [2.45, 2.75) is 13.2 Å². The Morgan fingerprint density at radius 2 is 2.19 bits per heavy atom. The van der Waals surface area contributed by atoms with Crippen molar-refractivity contribution in [3.63, 3.8) is 0 Å².